The predicted octanol–water partition coefficient (Wildman–Crippen LogP) is 37.1. The van der Waals surface area contributed by atoms with Gasteiger partial charge in [-0.25, -0.2) is 0 Å². The van der Waals surface area contributed by atoms with Crippen molar-refractivity contribution in [2.45, 2.75) is 19.3 Å². The van der Waals surface area contributed by atoms with E-state index in [1.54, 1.807) is 0 Å². The molecule has 0 N–H and O–H groups in total. The molecule has 0 unspecified atom stereocenters. The van der Waals surface area contributed by atoms with Crippen LogP contribution in [0.3, 0.4) is 0 Å². The van der Waals surface area contributed by atoms with Crippen LogP contribution in [0.5, 0.6) is 0 Å². The van der Waals surface area contributed by atoms with Gasteiger partial charge in [0, 0.05) is 5.41 Å². The summed E-state index contributed by atoms with van der Waals surface area (Å²) in [5.41, 5.74) is 35.2. The van der Waals surface area contributed by atoms with Crippen LogP contribution in [0.2, 0.25) is 0 Å². The summed E-state index contributed by atoms with van der Waals surface area (Å²) in [5, 5.41) is 16.9. The van der Waals surface area contributed by atoms with E-state index in [0.717, 1.165) is 54.9 Å². The van der Waals surface area contributed by atoms with Crippen molar-refractivity contribution in [2.24, 2.45) is 0 Å². The first-order valence-corrected chi connectivity index (χ1v) is 45.8. The van der Waals surface area contributed by atoms with Crippen molar-refractivity contribution in [3.8, 4) is 156 Å². The number of hydrogen-bond acceptors (Lipinski definition) is 0. The predicted molar refractivity (Wildman–Crippen MR) is 570 cm³/mol. The summed E-state index contributed by atoms with van der Waals surface area (Å²) in [6, 6.07) is 175. The van der Waals surface area contributed by atoms with Gasteiger partial charge in [0.05, 0.1) is 6.85 Å². The van der Waals surface area contributed by atoms with Crippen LogP contribution in [0.4, 0.5) is 0 Å². The molecule has 25 rings (SSSR count). The van der Waals surface area contributed by atoms with E-state index in [1.807, 2.05) is 60.7 Å². The highest BCUT2D eigenvalue weighted by atomic mass is 14.4. The Morgan fingerprint density at radius 2 is 0.376 bits per heavy atom. The third kappa shape index (κ3) is 15.1. The van der Waals surface area contributed by atoms with Gasteiger partial charge in [-0.1, -0.05) is 511 Å². The van der Waals surface area contributed by atoms with E-state index >= 15 is 0 Å². The van der Waals surface area contributed by atoms with E-state index in [1.165, 1.54) is 176 Å². The molecule has 0 saturated heterocycles. The second kappa shape index (κ2) is 34.9. The fourth-order valence-electron chi connectivity index (χ4n) is 20.7. The minimum absolute atomic E-state index is 0.0384. The summed E-state index contributed by atoms with van der Waals surface area (Å²) in [4.78, 5) is 0. The topological polar surface area (TPSA) is 0 Å². The SMILES string of the molecule is CC1(C)c2ccccc2-c2ccc(-c3ccc4c(-c5ccc(-c6ccccc6)cc5)c5ccccc5c(-c5ccccc5)c4c3)cc21.[2H]c1c([2H])c([2H])c(-c2ccc3c(-c4ccc(-c5ccccc5)cc4)c4ccccc4c(-c4ccccc4)c3c2)c([2H])c1[2H].c1ccc(-c2ccc(-c3c4ccccc4c(-c4ccccc4)c4cc(-c5ccc(-c6cccc7ccccc67)cc5)ccc34)cc2)cc1. The van der Waals surface area contributed by atoms with Crippen molar-refractivity contribution in [2.75, 3.05) is 0 Å². The lowest BCUT2D eigenvalue weighted by Crippen LogP contribution is -2.14. The minimum Gasteiger partial charge on any atom is -0.0622 e. The van der Waals surface area contributed by atoms with Crippen LogP contribution < -0.4 is 0 Å². The molecule has 0 spiro atoms. The van der Waals surface area contributed by atoms with Crippen LogP contribution in [0.25, 0.3) is 231 Å². The molecule has 624 valence electrons. The molecule has 1 aliphatic rings. The average molecular weight is 1700 g/mol. The van der Waals surface area contributed by atoms with Crippen LogP contribution in [-0.2, 0) is 5.41 Å². The zero-order valence-electron chi connectivity index (χ0n) is 78.8. The molecule has 0 aromatic heterocycles. The average Bonchev–Trinajstić information content (AvgIpc) is 1.02. The third-order valence-electron chi connectivity index (χ3n) is 27.1. The van der Waals surface area contributed by atoms with Crippen LogP contribution in [0.15, 0.2) is 522 Å². The van der Waals surface area contributed by atoms with Gasteiger partial charge >= 0.3 is 0 Å². The molecule has 0 radical (unpaired) electrons. The lowest BCUT2D eigenvalue weighted by Gasteiger charge is -2.22. The maximum absolute atomic E-state index is 8.63. The largest absolute Gasteiger partial charge is 0.0629 e. The third-order valence-corrected chi connectivity index (χ3v) is 27.1. The van der Waals surface area contributed by atoms with Crippen LogP contribution in [0.1, 0.15) is 31.8 Å². The van der Waals surface area contributed by atoms with Crippen molar-refractivity contribution in [1.29, 1.82) is 0 Å². The fourth-order valence-corrected chi connectivity index (χ4v) is 20.7. The molecule has 0 fully saturated rings. The maximum Gasteiger partial charge on any atom is 0.0629 e. The normalized spacial score (nSPS) is 12.4. The first kappa shape index (κ1) is 75.1. The monoisotopic (exact) mass is 1690 g/mol. The standard InChI is InChI=1S/C48H32.C47H34.C38H26/c1-3-12-33(13-4-1)34-24-28-39(29-25-34)47-43-19-9-10-20-44(43)48(38-15-5-2-6-16-38)46-32-40(30-31-45(46)47)35-22-26-37(27-23-35)42-21-11-17-36-14-7-8-18-41(36)42;1-47(2)43-20-12-11-17-37(43)38-27-25-36(30-44(38)47)35-26-28-41-42(29-35)46(33-15-7-4-8-16-33)40-19-10-9-18-39(40)45(41)34-23-21-32(22-24-34)31-13-5-3-6-14-31;1-4-12-27(13-5-1)29-20-22-31(23-21-29)37-33-18-10-11-19-34(33)38(30-16-8-3-9-17-30)36-26-32(24-25-35(36)37)28-14-6-2-7-15-28/h1-32H;3-30H,1-2H3;1-26H/i;;2D,6D,7D,14D,15D. The Labute approximate surface area is 784 Å². The number of fused-ring (bicyclic) bond motifs is 10. The molecule has 0 saturated carbocycles. The maximum atomic E-state index is 8.63. The van der Waals surface area contributed by atoms with Gasteiger partial charge < -0.3 is 0 Å². The lowest BCUT2D eigenvalue weighted by atomic mass is 9.81. The fraction of sp³-hybridized carbons (Fsp3) is 0.0226. The van der Waals surface area contributed by atoms with Gasteiger partial charge in [0.25, 0.3) is 0 Å². The van der Waals surface area contributed by atoms with Crippen LogP contribution >= 0.6 is 0 Å². The van der Waals surface area contributed by atoms with E-state index in [2.05, 4.69) is 445 Å². The molecule has 0 nitrogen and oxygen atoms in total. The number of benzene rings is 24. The summed E-state index contributed by atoms with van der Waals surface area (Å²) in [5.74, 6) is 0. The molecule has 0 heterocycles. The summed E-state index contributed by atoms with van der Waals surface area (Å²) >= 11 is 0. The Morgan fingerprint density at radius 3 is 0.767 bits per heavy atom. The molecule has 0 amide bonds. The van der Waals surface area contributed by atoms with Crippen molar-refractivity contribution >= 4 is 75.4 Å². The summed E-state index contributed by atoms with van der Waals surface area (Å²) in [6.07, 6.45) is 0. The van der Waals surface area contributed by atoms with Crippen molar-refractivity contribution < 1.29 is 6.85 Å². The highest BCUT2D eigenvalue weighted by molar-refractivity contribution is 6.25. The van der Waals surface area contributed by atoms with Crippen molar-refractivity contribution in [3.05, 3.63) is 533 Å². The molecule has 24 aromatic rings. The zero-order chi connectivity index (χ0) is 93.1. The summed E-state index contributed by atoms with van der Waals surface area (Å²) in [7, 11) is 0. The Morgan fingerprint density at radius 1 is 0.143 bits per heavy atom. The Bertz CT molecular complexity index is 8770. The van der Waals surface area contributed by atoms with E-state index < -0.39 is 6.04 Å². The van der Waals surface area contributed by atoms with Crippen molar-refractivity contribution in [1.82, 2.24) is 0 Å². The van der Waals surface area contributed by atoms with Gasteiger partial charge in [0.2, 0.25) is 0 Å². The molecule has 133 heavy (non-hydrogen) atoms. The van der Waals surface area contributed by atoms with Gasteiger partial charge in [-0.2, -0.15) is 0 Å². The Kier molecular flexibility index (Phi) is 19.7. The molecular weight excluding hydrogens is 1600 g/mol. The quantitative estimate of drug-likeness (QED) is 0.101. The van der Waals surface area contributed by atoms with Gasteiger partial charge in [-0.05, 0) is 267 Å². The van der Waals surface area contributed by atoms with Gasteiger partial charge in [-0.15, -0.1) is 0 Å². The van der Waals surface area contributed by atoms with Gasteiger partial charge in [-0.3, -0.25) is 0 Å². The van der Waals surface area contributed by atoms with E-state index in [9.17, 15) is 0 Å². The molecule has 24 aromatic carbocycles. The summed E-state index contributed by atoms with van der Waals surface area (Å²) < 4.78 is 41.8. The molecular formula is C133H92. The van der Waals surface area contributed by atoms with Crippen LogP contribution in [-0.4, -0.2) is 0 Å². The number of hydrogen-bond donors (Lipinski definition) is 0. The van der Waals surface area contributed by atoms with E-state index in [-0.39, 0.29) is 35.1 Å². The molecule has 0 bridgehead atoms. The first-order chi connectivity index (χ1) is 67.8. The van der Waals surface area contributed by atoms with E-state index in [4.69, 9.17) is 6.85 Å². The molecule has 1 aliphatic carbocycles. The lowest BCUT2D eigenvalue weighted by molar-refractivity contribution is 0.660. The first-order valence-electron chi connectivity index (χ1n) is 48.3. The molecule has 0 atom stereocenters. The Hall–Kier alpha value is -16.9. The van der Waals surface area contributed by atoms with Gasteiger partial charge in [0.15, 0.2) is 0 Å². The Balaban J connectivity index is 0.000000116. The highest BCUT2D eigenvalue weighted by Crippen LogP contribution is 2.53. The van der Waals surface area contributed by atoms with Crippen molar-refractivity contribution in [3.63, 3.8) is 0 Å². The van der Waals surface area contributed by atoms with E-state index in [0.29, 0.717) is 5.56 Å². The second-order valence-electron chi connectivity index (χ2n) is 35.1. The zero-order valence-corrected chi connectivity index (χ0v) is 73.8. The van der Waals surface area contributed by atoms with Gasteiger partial charge in [0.1, 0.15) is 0 Å². The highest BCUT2D eigenvalue weighted by Gasteiger charge is 2.36. The molecule has 0 heteroatoms. The summed E-state index contributed by atoms with van der Waals surface area (Å²) in [6.45, 7) is 4.72. The molecule has 0 aliphatic heterocycles. The number of rotatable bonds is 13. The van der Waals surface area contributed by atoms with Crippen LogP contribution in [0, 0.1) is 0 Å². The second-order valence-corrected chi connectivity index (χ2v) is 35.1. The smallest absolute Gasteiger partial charge is 0.0622 e. The minimum atomic E-state index is -0.392.